The van der Waals surface area contributed by atoms with Gasteiger partial charge in [-0.3, -0.25) is 19.9 Å². The van der Waals surface area contributed by atoms with Gasteiger partial charge in [-0.15, -0.1) is 0 Å². The lowest BCUT2D eigenvalue weighted by atomic mass is 9.92. The lowest BCUT2D eigenvalue weighted by Crippen LogP contribution is -2.55. The molecule has 1 fully saturated rings. The number of imide groups is 1. The molecular weight excluding hydrogens is 388 g/mol. The smallest absolute Gasteiger partial charge is 0.322 e. The van der Waals surface area contributed by atoms with Crippen molar-refractivity contribution in [3.05, 3.63) is 59.5 Å². The van der Waals surface area contributed by atoms with Crippen molar-refractivity contribution in [2.75, 3.05) is 20.2 Å². The van der Waals surface area contributed by atoms with Gasteiger partial charge < -0.3 is 19.4 Å². The molecule has 30 heavy (non-hydrogen) atoms. The van der Waals surface area contributed by atoms with Gasteiger partial charge in [0.15, 0.2) is 11.1 Å². The number of amides is 4. The summed E-state index contributed by atoms with van der Waals surface area (Å²) in [6.45, 7) is 0.330. The Morgan fingerprint density at radius 2 is 2.10 bits per heavy atom. The predicted molar refractivity (Wildman–Crippen MR) is 105 cm³/mol. The van der Waals surface area contributed by atoms with Gasteiger partial charge in [-0.2, -0.15) is 0 Å². The van der Waals surface area contributed by atoms with Crippen LogP contribution in [0.4, 0.5) is 4.79 Å². The van der Waals surface area contributed by atoms with Crippen LogP contribution in [0.5, 0.6) is 5.75 Å². The fraction of sp³-hybridized carbons (Fsp3) is 0.238. The van der Waals surface area contributed by atoms with Crippen molar-refractivity contribution in [2.24, 2.45) is 0 Å². The Kier molecular flexibility index (Phi) is 3.99. The van der Waals surface area contributed by atoms with E-state index < -0.39 is 17.5 Å². The molecule has 2 aliphatic heterocycles. The third-order valence-electron chi connectivity index (χ3n) is 5.56. The van der Waals surface area contributed by atoms with Crippen LogP contribution in [0.3, 0.4) is 0 Å². The fourth-order valence-electron chi connectivity index (χ4n) is 4.01. The maximum atomic E-state index is 13.1. The topological polar surface area (TPSA) is 114 Å². The van der Waals surface area contributed by atoms with Crippen molar-refractivity contribution in [3.8, 4) is 5.75 Å². The Labute approximate surface area is 171 Å². The van der Waals surface area contributed by atoms with Crippen LogP contribution in [0.15, 0.2) is 47.0 Å². The van der Waals surface area contributed by atoms with E-state index in [0.717, 1.165) is 5.56 Å². The number of carbonyl (C=O) groups is 3. The van der Waals surface area contributed by atoms with Gasteiger partial charge in [-0.1, -0.05) is 0 Å². The molecule has 1 aromatic carbocycles. The molecule has 0 bridgehead atoms. The molecule has 1 atom stereocenters. The minimum Gasteiger partial charge on any atom is -0.497 e. The Balaban J connectivity index is 1.53. The molecule has 1 saturated heterocycles. The molecule has 0 saturated carbocycles. The number of fused-ring (bicyclic) bond motifs is 2. The van der Waals surface area contributed by atoms with Crippen molar-refractivity contribution in [2.45, 2.75) is 12.0 Å². The van der Waals surface area contributed by atoms with E-state index >= 15 is 0 Å². The highest BCUT2D eigenvalue weighted by molar-refractivity contribution is 6.08. The number of rotatable bonds is 4. The quantitative estimate of drug-likeness (QED) is 0.636. The predicted octanol–water partition coefficient (Wildman–Crippen LogP) is 1.57. The Hall–Kier alpha value is -3.88. The molecule has 152 valence electrons. The summed E-state index contributed by atoms with van der Waals surface area (Å²) in [5, 5.41) is 4.93. The summed E-state index contributed by atoms with van der Waals surface area (Å²) >= 11 is 0. The number of carbonyl (C=O) groups excluding carboxylic acids is 3. The van der Waals surface area contributed by atoms with Crippen molar-refractivity contribution in [1.29, 1.82) is 0 Å². The third-order valence-corrected chi connectivity index (χ3v) is 5.56. The number of aromatic nitrogens is 1. The number of pyridine rings is 1. The molecule has 9 nitrogen and oxygen atoms in total. The van der Waals surface area contributed by atoms with Crippen LogP contribution in [-0.4, -0.2) is 47.9 Å². The number of hydrogen-bond acceptors (Lipinski definition) is 6. The van der Waals surface area contributed by atoms with Gasteiger partial charge in [0.05, 0.1) is 13.7 Å². The number of urea groups is 1. The van der Waals surface area contributed by atoms with Crippen molar-refractivity contribution in [3.63, 3.8) is 0 Å². The summed E-state index contributed by atoms with van der Waals surface area (Å²) in [5.74, 6) is 0.123. The molecule has 0 unspecified atom stereocenters. The maximum absolute atomic E-state index is 13.1. The van der Waals surface area contributed by atoms with Crippen LogP contribution in [-0.2, 0) is 16.8 Å². The first-order valence-corrected chi connectivity index (χ1v) is 9.45. The molecule has 0 spiro atoms. The van der Waals surface area contributed by atoms with Crippen LogP contribution in [0, 0.1) is 0 Å². The molecule has 2 aliphatic rings. The third kappa shape index (κ3) is 2.70. The molecule has 4 heterocycles. The Bertz CT molecular complexity index is 1170. The van der Waals surface area contributed by atoms with Gasteiger partial charge in [-0.05, 0) is 42.3 Å². The zero-order chi connectivity index (χ0) is 20.9. The minimum atomic E-state index is -1.53. The molecular formula is C21H18N4O5. The molecule has 9 heteroatoms. The average Bonchev–Trinajstić information content (AvgIpc) is 3.31. The second kappa shape index (κ2) is 6.58. The van der Waals surface area contributed by atoms with Crippen LogP contribution >= 0.6 is 0 Å². The second-order valence-corrected chi connectivity index (χ2v) is 7.31. The highest BCUT2D eigenvalue weighted by atomic mass is 16.5. The van der Waals surface area contributed by atoms with Crippen molar-refractivity contribution >= 4 is 28.9 Å². The van der Waals surface area contributed by atoms with Gasteiger partial charge in [0.1, 0.15) is 17.0 Å². The van der Waals surface area contributed by atoms with Crippen LogP contribution in [0.2, 0.25) is 0 Å². The highest BCUT2D eigenvalue weighted by Crippen LogP contribution is 2.33. The first-order valence-electron chi connectivity index (χ1n) is 9.45. The van der Waals surface area contributed by atoms with E-state index in [1.807, 2.05) is 6.07 Å². The Morgan fingerprint density at radius 1 is 1.23 bits per heavy atom. The summed E-state index contributed by atoms with van der Waals surface area (Å²) in [6, 6.07) is 9.71. The zero-order valence-corrected chi connectivity index (χ0v) is 16.1. The molecule has 2 aromatic heterocycles. The van der Waals surface area contributed by atoms with E-state index in [1.54, 1.807) is 48.5 Å². The average molecular weight is 406 g/mol. The number of furan rings is 1. The summed E-state index contributed by atoms with van der Waals surface area (Å²) in [4.78, 5) is 43.8. The number of methoxy groups -OCH3 is 1. The van der Waals surface area contributed by atoms with Gasteiger partial charge in [0.25, 0.3) is 11.8 Å². The number of hydrogen-bond donors (Lipinski definition) is 2. The van der Waals surface area contributed by atoms with E-state index in [1.165, 1.54) is 0 Å². The van der Waals surface area contributed by atoms with Crippen molar-refractivity contribution < 1.29 is 23.5 Å². The summed E-state index contributed by atoms with van der Waals surface area (Å²) < 4.78 is 11.1. The van der Waals surface area contributed by atoms with Crippen LogP contribution < -0.4 is 15.4 Å². The van der Waals surface area contributed by atoms with Crippen LogP contribution in [0.25, 0.3) is 11.1 Å². The molecule has 0 aliphatic carbocycles. The summed E-state index contributed by atoms with van der Waals surface area (Å²) in [6.07, 6.45) is 2.21. The van der Waals surface area contributed by atoms with Gasteiger partial charge >= 0.3 is 6.03 Å². The lowest BCUT2D eigenvalue weighted by Gasteiger charge is -2.34. The lowest BCUT2D eigenvalue weighted by molar-refractivity contribution is -0.125. The molecule has 4 amide bonds. The fourth-order valence-corrected chi connectivity index (χ4v) is 4.01. The summed E-state index contributed by atoms with van der Waals surface area (Å²) in [7, 11) is 1.58. The largest absolute Gasteiger partial charge is 0.497 e. The maximum Gasteiger partial charge on any atom is 0.322 e. The van der Waals surface area contributed by atoms with Crippen LogP contribution in [0.1, 0.15) is 21.7 Å². The van der Waals surface area contributed by atoms with E-state index in [2.05, 4.69) is 15.6 Å². The number of nitrogens with one attached hydrogen (secondary N) is 2. The number of ether oxygens (including phenoxy) is 1. The molecule has 5 rings (SSSR count). The normalized spacial score (nSPS) is 20.8. The van der Waals surface area contributed by atoms with E-state index in [0.29, 0.717) is 35.4 Å². The summed E-state index contributed by atoms with van der Waals surface area (Å²) in [5.41, 5.74) is 0.953. The second-order valence-electron chi connectivity index (χ2n) is 7.31. The number of nitrogens with zero attached hydrogens (tertiary/aromatic N) is 2. The van der Waals surface area contributed by atoms with E-state index in [9.17, 15) is 14.4 Å². The Morgan fingerprint density at radius 3 is 2.83 bits per heavy atom. The number of benzene rings is 1. The standard InChI is InChI=1S/C21H18N4O5/c1-29-13-4-5-14-12(9-13)6-8-25(18(14)26)11-21(19(27)23-20(28)24-21)17-10-15-16(30-17)3-2-7-22-15/h2-5,7,9-10H,6,8,11H2,1H3,(H2,23,24,27,28)/t21-/m0/s1. The van der Waals surface area contributed by atoms with Gasteiger partial charge in [0.2, 0.25) is 0 Å². The van der Waals surface area contributed by atoms with Gasteiger partial charge in [0, 0.05) is 24.4 Å². The van der Waals surface area contributed by atoms with Gasteiger partial charge in [-0.25, -0.2) is 4.79 Å². The minimum absolute atomic E-state index is 0.0608. The SMILES string of the molecule is COc1ccc2c(c1)CCN(C[C@@]1(c3cc4ncccc4o3)NC(=O)NC1=O)C2=O. The van der Waals surface area contributed by atoms with E-state index in [-0.39, 0.29) is 18.2 Å². The first kappa shape index (κ1) is 18.2. The van der Waals surface area contributed by atoms with Crippen molar-refractivity contribution in [1.82, 2.24) is 20.5 Å². The molecule has 0 radical (unpaired) electrons. The monoisotopic (exact) mass is 406 g/mol. The molecule has 2 N–H and O–H groups in total. The zero-order valence-electron chi connectivity index (χ0n) is 16.1. The highest BCUT2D eigenvalue weighted by Gasteiger charge is 2.52. The molecule has 3 aromatic rings. The van der Waals surface area contributed by atoms with E-state index in [4.69, 9.17) is 9.15 Å². The first-order chi connectivity index (χ1) is 14.5.